The van der Waals surface area contributed by atoms with E-state index in [1.54, 1.807) is 0 Å². The van der Waals surface area contributed by atoms with Crippen LogP contribution in [0, 0.1) is 0 Å². The number of anilines is 3. The molecular weight excluding hydrogens is 901 g/mol. The molecule has 3 nitrogen and oxygen atoms in total. The first-order chi connectivity index (χ1) is 35.2. The standard InChI is InChI=1S/C66H40N2OS2/c1-5-21-58-50(12-1)57-40-44(32-39-59(57)68(58)60-22-11-18-54-51-13-2-6-23-61(51)69-64(54)60)41-26-33-45(34-27-41)67(46-35-28-42(29-36-46)48-16-9-19-55-52-14-3-7-24-62(52)70-65(48)55)47-37-30-43(31-38-47)49-17-10-20-56-53-15-4-8-25-63(53)71-66(49)56/h1-40H. The van der Waals surface area contributed by atoms with Crippen molar-refractivity contribution in [2.75, 3.05) is 4.90 Å². The van der Waals surface area contributed by atoms with E-state index >= 15 is 0 Å². The predicted molar refractivity (Wildman–Crippen MR) is 305 cm³/mol. The molecule has 0 saturated heterocycles. The molecule has 15 rings (SSSR count). The topological polar surface area (TPSA) is 21.3 Å². The number of rotatable bonds is 7. The van der Waals surface area contributed by atoms with Gasteiger partial charge in [0.2, 0.25) is 0 Å². The van der Waals surface area contributed by atoms with Gasteiger partial charge in [0, 0.05) is 79.0 Å². The van der Waals surface area contributed by atoms with E-state index in [-0.39, 0.29) is 0 Å². The number of benzene rings is 11. The van der Waals surface area contributed by atoms with Gasteiger partial charge in [-0.25, -0.2) is 0 Å². The second-order valence-electron chi connectivity index (χ2n) is 18.4. The summed E-state index contributed by atoms with van der Waals surface area (Å²) in [6, 6.07) is 88.6. The van der Waals surface area contributed by atoms with Gasteiger partial charge in [-0.3, -0.25) is 0 Å². The molecule has 0 aliphatic heterocycles. The number of hydrogen-bond acceptors (Lipinski definition) is 4. The number of hydrogen-bond donors (Lipinski definition) is 0. The van der Waals surface area contributed by atoms with Crippen molar-refractivity contribution in [2.45, 2.75) is 0 Å². The Morgan fingerprint density at radius 2 is 0.789 bits per heavy atom. The quantitative estimate of drug-likeness (QED) is 0.159. The smallest absolute Gasteiger partial charge is 0.159 e. The zero-order valence-electron chi connectivity index (χ0n) is 38.2. The second kappa shape index (κ2) is 15.9. The van der Waals surface area contributed by atoms with Gasteiger partial charge >= 0.3 is 0 Å². The molecular formula is C66H40N2OS2. The number of aromatic nitrogens is 1. The van der Waals surface area contributed by atoms with Crippen LogP contribution in [0.4, 0.5) is 17.1 Å². The largest absolute Gasteiger partial charge is 0.454 e. The van der Waals surface area contributed by atoms with Crippen LogP contribution in [-0.4, -0.2) is 4.57 Å². The highest BCUT2D eigenvalue weighted by atomic mass is 32.1. The van der Waals surface area contributed by atoms with Crippen molar-refractivity contribution in [3.05, 3.63) is 243 Å². The first kappa shape index (κ1) is 40.2. The zero-order chi connectivity index (χ0) is 46.6. The molecule has 332 valence electrons. The van der Waals surface area contributed by atoms with Gasteiger partial charge in [0.25, 0.3) is 0 Å². The molecule has 0 saturated carbocycles. The summed E-state index contributed by atoms with van der Waals surface area (Å²) >= 11 is 3.75. The fourth-order valence-corrected chi connectivity index (χ4v) is 13.6. The van der Waals surface area contributed by atoms with Crippen LogP contribution in [0.5, 0.6) is 0 Å². The minimum Gasteiger partial charge on any atom is -0.454 e. The molecule has 0 atom stereocenters. The van der Waals surface area contributed by atoms with Gasteiger partial charge in [-0.2, -0.15) is 0 Å². The summed E-state index contributed by atoms with van der Waals surface area (Å²) in [6.45, 7) is 0. The first-order valence-electron chi connectivity index (χ1n) is 24.1. The molecule has 4 aromatic heterocycles. The van der Waals surface area contributed by atoms with Gasteiger partial charge in [0.1, 0.15) is 5.58 Å². The molecule has 11 aromatic carbocycles. The van der Waals surface area contributed by atoms with Crippen molar-refractivity contribution in [3.63, 3.8) is 0 Å². The summed E-state index contributed by atoms with van der Waals surface area (Å²) in [5, 5.41) is 9.92. The minimum atomic E-state index is 0.895. The van der Waals surface area contributed by atoms with Crippen LogP contribution in [0.3, 0.4) is 0 Å². The Kier molecular flexibility index (Phi) is 9.00. The molecule has 0 aliphatic rings. The lowest BCUT2D eigenvalue weighted by Gasteiger charge is -2.26. The molecule has 5 heteroatoms. The van der Waals surface area contributed by atoms with Gasteiger partial charge in [0.05, 0.1) is 16.7 Å². The third-order valence-corrected chi connectivity index (χ3v) is 16.9. The average Bonchev–Trinajstić information content (AvgIpc) is 4.21. The third-order valence-electron chi connectivity index (χ3n) is 14.4. The Hall–Kier alpha value is -8.74. The van der Waals surface area contributed by atoms with Crippen LogP contribution in [0.2, 0.25) is 0 Å². The molecule has 0 amide bonds. The maximum absolute atomic E-state index is 6.57. The Balaban J connectivity index is 0.826. The molecule has 4 heterocycles. The molecule has 0 spiro atoms. The normalized spacial score (nSPS) is 11.9. The molecule has 0 aliphatic carbocycles. The van der Waals surface area contributed by atoms with Gasteiger partial charge in [-0.05, 0) is 112 Å². The highest BCUT2D eigenvalue weighted by Crippen LogP contribution is 2.45. The van der Waals surface area contributed by atoms with Crippen LogP contribution in [0.1, 0.15) is 0 Å². The van der Waals surface area contributed by atoms with Gasteiger partial charge in [0.15, 0.2) is 5.58 Å². The number of para-hydroxylation sites is 3. The summed E-state index contributed by atoms with van der Waals surface area (Å²) in [4.78, 5) is 2.38. The van der Waals surface area contributed by atoms with E-state index in [0.717, 1.165) is 61.3 Å². The second-order valence-corrected chi connectivity index (χ2v) is 20.5. The van der Waals surface area contributed by atoms with Gasteiger partial charge in [-0.15, -0.1) is 22.7 Å². The van der Waals surface area contributed by atoms with Crippen molar-refractivity contribution in [3.8, 4) is 39.1 Å². The summed E-state index contributed by atoms with van der Waals surface area (Å²) in [7, 11) is 0. The maximum Gasteiger partial charge on any atom is 0.159 e. The van der Waals surface area contributed by atoms with Crippen molar-refractivity contribution in [2.24, 2.45) is 0 Å². The van der Waals surface area contributed by atoms with E-state index < -0.39 is 0 Å². The van der Waals surface area contributed by atoms with Crippen LogP contribution in [0.15, 0.2) is 247 Å². The molecule has 0 unspecified atom stereocenters. The fraction of sp³-hybridized carbons (Fsp3) is 0. The Morgan fingerprint density at radius 3 is 1.41 bits per heavy atom. The SMILES string of the molecule is c1ccc2c(c1)oc1c(-n3c4ccccc4c4cc(-c5ccc(N(c6ccc(-c7cccc8c7sc7ccccc78)cc6)c6ccc(-c7cccc8c7sc7ccccc78)cc6)cc5)ccc43)cccc12. The first-order valence-corrected chi connectivity index (χ1v) is 25.7. The highest BCUT2D eigenvalue weighted by molar-refractivity contribution is 7.26. The van der Waals surface area contributed by atoms with Crippen molar-refractivity contribution in [1.82, 2.24) is 4.57 Å². The summed E-state index contributed by atoms with van der Waals surface area (Å²) in [5.41, 5.74) is 15.7. The van der Waals surface area contributed by atoms with E-state index in [0.29, 0.717) is 0 Å². The van der Waals surface area contributed by atoms with Gasteiger partial charge in [-0.1, -0.05) is 164 Å². The van der Waals surface area contributed by atoms with Crippen LogP contribution >= 0.6 is 22.7 Å². The molecule has 0 fully saturated rings. The number of nitrogens with zero attached hydrogens (tertiary/aromatic N) is 2. The van der Waals surface area contributed by atoms with E-state index in [1.807, 2.05) is 28.7 Å². The lowest BCUT2D eigenvalue weighted by Crippen LogP contribution is -2.09. The zero-order valence-corrected chi connectivity index (χ0v) is 39.8. The molecule has 0 bridgehead atoms. The molecule has 71 heavy (non-hydrogen) atoms. The predicted octanol–water partition coefficient (Wildman–Crippen LogP) is 19.9. The van der Waals surface area contributed by atoms with Crippen LogP contribution < -0.4 is 4.90 Å². The number of furan rings is 1. The van der Waals surface area contributed by atoms with Crippen molar-refractivity contribution < 1.29 is 4.42 Å². The molecule has 0 radical (unpaired) electrons. The van der Waals surface area contributed by atoms with E-state index in [4.69, 9.17) is 4.42 Å². The average molecular weight is 941 g/mol. The van der Waals surface area contributed by atoms with Crippen molar-refractivity contribution in [1.29, 1.82) is 0 Å². The summed E-state index contributed by atoms with van der Waals surface area (Å²) < 4.78 is 14.2. The highest BCUT2D eigenvalue weighted by Gasteiger charge is 2.20. The number of fused-ring (bicyclic) bond motifs is 12. The van der Waals surface area contributed by atoms with Crippen LogP contribution in [0.25, 0.3) is 123 Å². The number of thiophene rings is 2. The Labute approximate surface area is 416 Å². The van der Waals surface area contributed by atoms with E-state index in [1.165, 1.54) is 78.9 Å². The minimum absolute atomic E-state index is 0.895. The molecule has 0 N–H and O–H groups in total. The lowest BCUT2D eigenvalue weighted by atomic mass is 10.0. The lowest BCUT2D eigenvalue weighted by molar-refractivity contribution is 0.666. The van der Waals surface area contributed by atoms with Crippen molar-refractivity contribution >= 4 is 124 Å². The fourth-order valence-electron chi connectivity index (χ4n) is 11.1. The Bertz CT molecular complexity index is 4410. The summed E-state index contributed by atoms with van der Waals surface area (Å²) in [6.07, 6.45) is 0. The van der Waals surface area contributed by atoms with E-state index in [2.05, 4.69) is 246 Å². The summed E-state index contributed by atoms with van der Waals surface area (Å²) in [5.74, 6) is 0. The third kappa shape index (κ3) is 6.34. The van der Waals surface area contributed by atoms with Gasteiger partial charge < -0.3 is 13.9 Å². The maximum atomic E-state index is 6.57. The van der Waals surface area contributed by atoms with E-state index in [9.17, 15) is 0 Å². The molecule has 15 aromatic rings. The monoisotopic (exact) mass is 940 g/mol. The van der Waals surface area contributed by atoms with Crippen LogP contribution in [-0.2, 0) is 0 Å². The Morgan fingerprint density at radius 1 is 0.324 bits per heavy atom.